The first-order valence-corrected chi connectivity index (χ1v) is 7.86. The van der Waals surface area contributed by atoms with E-state index in [0.717, 1.165) is 32.5 Å². The van der Waals surface area contributed by atoms with Crippen molar-refractivity contribution in [1.82, 2.24) is 4.90 Å². The Hall–Kier alpha value is -1.39. The van der Waals surface area contributed by atoms with Gasteiger partial charge in [0.05, 0.1) is 19.1 Å². The molecule has 0 spiro atoms. The summed E-state index contributed by atoms with van der Waals surface area (Å²) < 4.78 is 5.64. The van der Waals surface area contributed by atoms with Gasteiger partial charge in [0.1, 0.15) is 0 Å². The first kappa shape index (κ1) is 14.5. The molecule has 1 heterocycles. The average Bonchev–Trinajstić information content (AvgIpc) is 2.46. The van der Waals surface area contributed by atoms with Gasteiger partial charge in [0.25, 0.3) is 0 Å². The molecule has 1 N–H and O–H groups in total. The molecule has 4 heteroatoms. The van der Waals surface area contributed by atoms with E-state index in [1.54, 1.807) is 0 Å². The Morgan fingerprint density at radius 2 is 2.05 bits per heavy atom. The van der Waals surface area contributed by atoms with Gasteiger partial charge in [-0.05, 0) is 30.4 Å². The van der Waals surface area contributed by atoms with Crippen molar-refractivity contribution in [3.63, 3.8) is 0 Å². The summed E-state index contributed by atoms with van der Waals surface area (Å²) in [4.78, 5) is 13.0. The van der Waals surface area contributed by atoms with Crippen molar-refractivity contribution in [2.24, 2.45) is 0 Å². The summed E-state index contributed by atoms with van der Waals surface area (Å²) in [5.74, 6) is -0.0817. The Bertz CT molecular complexity index is 495. The number of hydrogen-bond acceptors (Lipinski definition) is 3. The number of carboxylic acid groups (broad SMARTS) is 1. The summed E-state index contributed by atoms with van der Waals surface area (Å²) >= 11 is 0. The Balaban J connectivity index is 1.38. The molecule has 0 bridgehead atoms. The summed E-state index contributed by atoms with van der Waals surface area (Å²) in [5, 5.41) is 8.61. The molecule has 3 rings (SSSR count). The van der Waals surface area contributed by atoms with E-state index in [9.17, 15) is 4.79 Å². The van der Waals surface area contributed by atoms with E-state index in [1.807, 2.05) is 0 Å². The first-order valence-electron chi connectivity index (χ1n) is 7.86. The van der Waals surface area contributed by atoms with Gasteiger partial charge in [-0.2, -0.15) is 0 Å². The predicted molar refractivity (Wildman–Crippen MR) is 80.6 cm³/mol. The second-order valence-corrected chi connectivity index (χ2v) is 6.11. The minimum absolute atomic E-state index is 0.110. The molecule has 114 valence electrons. The van der Waals surface area contributed by atoms with Gasteiger partial charge in [-0.3, -0.25) is 4.79 Å². The summed E-state index contributed by atoms with van der Waals surface area (Å²) in [7, 11) is 0. The zero-order valence-corrected chi connectivity index (χ0v) is 12.3. The van der Waals surface area contributed by atoms with Crippen LogP contribution in [-0.2, 0) is 16.0 Å². The lowest BCUT2D eigenvalue weighted by molar-refractivity contribution is -0.138. The van der Waals surface area contributed by atoms with Crippen LogP contribution < -0.4 is 0 Å². The maximum absolute atomic E-state index is 10.5. The third-order valence-corrected chi connectivity index (χ3v) is 4.64. The van der Waals surface area contributed by atoms with Crippen LogP contribution in [0.4, 0.5) is 0 Å². The van der Waals surface area contributed by atoms with Crippen molar-refractivity contribution >= 4 is 5.97 Å². The summed E-state index contributed by atoms with van der Waals surface area (Å²) in [6.45, 7) is 3.63. The van der Waals surface area contributed by atoms with Crippen LogP contribution in [0.5, 0.6) is 0 Å². The molecule has 0 saturated carbocycles. The van der Waals surface area contributed by atoms with E-state index in [4.69, 9.17) is 9.84 Å². The molecule has 1 aliphatic carbocycles. The zero-order chi connectivity index (χ0) is 14.7. The number of aliphatic carboxylic acids is 1. The van der Waals surface area contributed by atoms with Gasteiger partial charge in [0.15, 0.2) is 0 Å². The largest absolute Gasteiger partial charge is 0.481 e. The lowest BCUT2D eigenvalue weighted by Gasteiger charge is -2.38. The Labute approximate surface area is 125 Å². The van der Waals surface area contributed by atoms with E-state index in [0.29, 0.717) is 12.5 Å². The van der Waals surface area contributed by atoms with Crippen molar-refractivity contribution in [2.75, 3.05) is 26.2 Å². The average molecular weight is 289 g/mol. The van der Waals surface area contributed by atoms with Crippen molar-refractivity contribution in [1.29, 1.82) is 0 Å². The van der Waals surface area contributed by atoms with Gasteiger partial charge >= 0.3 is 5.97 Å². The number of rotatable bonds is 6. The van der Waals surface area contributed by atoms with Crippen LogP contribution in [0.1, 0.15) is 36.3 Å². The molecule has 0 radical (unpaired) electrons. The fourth-order valence-corrected chi connectivity index (χ4v) is 3.41. The molecule has 1 atom stereocenters. The van der Waals surface area contributed by atoms with Gasteiger partial charge in [-0.15, -0.1) is 0 Å². The van der Waals surface area contributed by atoms with Gasteiger partial charge in [0, 0.05) is 25.6 Å². The van der Waals surface area contributed by atoms with Crippen LogP contribution in [0, 0.1) is 0 Å². The minimum atomic E-state index is -0.781. The number of hydrogen-bond donors (Lipinski definition) is 1. The number of nitrogens with zero attached hydrogens (tertiary/aromatic N) is 1. The Kier molecular flexibility index (Phi) is 4.56. The molecule has 0 aromatic heterocycles. The second-order valence-electron chi connectivity index (χ2n) is 6.11. The third kappa shape index (κ3) is 3.63. The number of fused-ring (bicyclic) bond motifs is 1. The van der Waals surface area contributed by atoms with Crippen LogP contribution in [0.3, 0.4) is 0 Å². The lowest BCUT2D eigenvalue weighted by Crippen LogP contribution is -2.41. The molecule has 1 fully saturated rings. The van der Waals surface area contributed by atoms with Crippen molar-refractivity contribution in [2.45, 2.75) is 37.7 Å². The van der Waals surface area contributed by atoms with Gasteiger partial charge in [0.2, 0.25) is 0 Å². The molecular weight excluding hydrogens is 266 g/mol. The van der Waals surface area contributed by atoms with Crippen LogP contribution in [0.25, 0.3) is 0 Å². The van der Waals surface area contributed by atoms with Crippen LogP contribution in [0.15, 0.2) is 24.3 Å². The highest BCUT2D eigenvalue weighted by Crippen LogP contribution is 2.35. The molecule has 21 heavy (non-hydrogen) atoms. The zero-order valence-electron chi connectivity index (χ0n) is 12.3. The maximum Gasteiger partial charge on any atom is 0.305 e. The first-order chi connectivity index (χ1) is 10.2. The van der Waals surface area contributed by atoms with E-state index < -0.39 is 5.97 Å². The molecule has 1 unspecified atom stereocenters. The molecule has 1 aromatic rings. The van der Waals surface area contributed by atoms with Gasteiger partial charge in [-0.25, -0.2) is 0 Å². The highest BCUT2D eigenvalue weighted by molar-refractivity contribution is 5.66. The minimum Gasteiger partial charge on any atom is -0.481 e. The van der Waals surface area contributed by atoms with E-state index in [-0.39, 0.29) is 12.5 Å². The van der Waals surface area contributed by atoms with E-state index in [1.165, 1.54) is 17.5 Å². The van der Waals surface area contributed by atoms with Crippen LogP contribution in [-0.4, -0.2) is 48.3 Å². The SMILES string of the molecule is O=C(O)CCOC1CCN(CC2Cc3ccccc32)CC1. The van der Waals surface area contributed by atoms with E-state index >= 15 is 0 Å². The smallest absolute Gasteiger partial charge is 0.305 e. The fourth-order valence-electron chi connectivity index (χ4n) is 3.41. The molecule has 4 nitrogen and oxygen atoms in total. The Morgan fingerprint density at radius 1 is 1.29 bits per heavy atom. The number of ether oxygens (including phenoxy) is 1. The summed E-state index contributed by atoms with van der Waals surface area (Å²) in [6.07, 6.45) is 3.61. The van der Waals surface area contributed by atoms with Crippen molar-refractivity contribution in [3.05, 3.63) is 35.4 Å². The van der Waals surface area contributed by atoms with Crippen LogP contribution in [0.2, 0.25) is 0 Å². The number of carboxylic acids is 1. The number of carbonyl (C=O) groups is 1. The quantitative estimate of drug-likeness (QED) is 0.873. The standard InChI is InChI=1S/C17H23NO3/c19-17(20)7-10-21-15-5-8-18(9-6-15)12-14-11-13-3-1-2-4-16(13)14/h1-4,14-15H,5-12H2,(H,19,20). The number of likely N-dealkylation sites (tertiary alicyclic amines) is 1. The van der Waals surface area contributed by atoms with Gasteiger partial charge < -0.3 is 14.7 Å². The Morgan fingerprint density at radius 3 is 2.76 bits per heavy atom. The molecule has 1 aromatic carbocycles. The predicted octanol–water partition coefficient (Wildman–Crippen LogP) is 2.28. The van der Waals surface area contributed by atoms with Gasteiger partial charge in [-0.1, -0.05) is 24.3 Å². The highest BCUT2D eigenvalue weighted by atomic mass is 16.5. The van der Waals surface area contributed by atoms with Crippen LogP contribution >= 0.6 is 0 Å². The topological polar surface area (TPSA) is 49.8 Å². The molecule has 1 saturated heterocycles. The molecular formula is C17H23NO3. The number of benzene rings is 1. The highest BCUT2D eigenvalue weighted by Gasteiger charge is 2.29. The maximum atomic E-state index is 10.5. The van der Waals surface area contributed by atoms with Crippen molar-refractivity contribution < 1.29 is 14.6 Å². The normalized spacial score (nSPS) is 22.6. The van der Waals surface area contributed by atoms with Crippen molar-refractivity contribution in [3.8, 4) is 0 Å². The molecule has 1 aliphatic heterocycles. The molecule has 2 aliphatic rings. The number of piperidine rings is 1. The lowest BCUT2D eigenvalue weighted by atomic mass is 9.77. The third-order valence-electron chi connectivity index (χ3n) is 4.64. The van der Waals surface area contributed by atoms with E-state index in [2.05, 4.69) is 29.2 Å². The molecule has 0 amide bonds. The second kappa shape index (κ2) is 6.58. The summed E-state index contributed by atoms with van der Waals surface area (Å²) in [5.41, 5.74) is 3.03. The fraction of sp³-hybridized carbons (Fsp3) is 0.588. The summed E-state index contributed by atoms with van der Waals surface area (Å²) in [6, 6.07) is 8.74. The monoisotopic (exact) mass is 289 g/mol.